The Kier molecular flexibility index (Phi) is 4.04. The molecule has 4 aromatic rings. The molecule has 170 valence electrons. The summed E-state index contributed by atoms with van der Waals surface area (Å²) in [6.07, 6.45) is 8.28. The Morgan fingerprint density at radius 3 is 2.59 bits per heavy atom. The molecular weight excluding hydrogens is 424 g/mol. The highest BCUT2D eigenvalue weighted by Crippen LogP contribution is 2.47. The second kappa shape index (κ2) is 6.93. The standard InChI is InChI=1S/C28H26N4O2/c1-31-15-19(17-6-2-3-7-20(17)31)24-25(27(34)30-26(24)33)23-18-14-28(11-12-29-16-28)10-9-21(18)32-13-5-4-8-22(23)32/h2-8,13,15,29H,9-12,14,16H2,1H3,(H,30,33,34). The number of imide groups is 1. The zero-order valence-corrected chi connectivity index (χ0v) is 19.1. The van der Waals surface area contributed by atoms with Gasteiger partial charge in [0, 0.05) is 53.7 Å². The number of para-hydroxylation sites is 1. The van der Waals surface area contributed by atoms with Gasteiger partial charge < -0.3 is 14.3 Å². The number of nitrogens with zero attached hydrogens (tertiary/aromatic N) is 2. The molecule has 6 nitrogen and oxygen atoms in total. The van der Waals surface area contributed by atoms with Gasteiger partial charge in [0.05, 0.1) is 16.7 Å². The van der Waals surface area contributed by atoms with Gasteiger partial charge >= 0.3 is 0 Å². The number of nitrogens with one attached hydrogen (secondary N) is 2. The van der Waals surface area contributed by atoms with E-state index in [0.717, 1.165) is 66.3 Å². The summed E-state index contributed by atoms with van der Waals surface area (Å²) < 4.78 is 4.27. The number of carbonyl (C=O) groups is 2. The van der Waals surface area contributed by atoms with E-state index in [0.29, 0.717) is 11.1 Å². The molecule has 5 heterocycles. The number of aryl methyl sites for hydroxylation is 2. The molecule has 34 heavy (non-hydrogen) atoms. The Morgan fingerprint density at radius 2 is 1.74 bits per heavy atom. The van der Waals surface area contributed by atoms with Gasteiger partial charge in [-0.15, -0.1) is 0 Å². The third-order valence-corrected chi connectivity index (χ3v) is 8.18. The van der Waals surface area contributed by atoms with E-state index in [1.807, 2.05) is 54.2 Å². The molecule has 3 aliphatic rings. The van der Waals surface area contributed by atoms with Crippen molar-refractivity contribution in [3.63, 3.8) is 0 Å². The van der Waals surface area contributed by atoms with Crippen LogP contribution in [0.4, 0.5) is 0 Å². The monoisotopic (exact) mass is 450 g/mol. The molecule has 0 saturated carbocycles. The fourth-order valence-electron chi connectivity index (χ4n) is 6.57. The van der Waals surface area contributed by atoms with Crippen molar-refractivity contribution in [3.8, 4) is 0 Å². The first kappa shape index (κ1) is 19.8. The van der Waals surface area contributed by atoms with Crippen molar-refractivity contribution in [2.24, 2.45) is 12.5 Å². The third-order valence-electron chi connectivity index (χ3n) is 8.18. The molecule has 1 saturated heterocycles. The zero-order valence-electron chi connectivity index (χ0n) is 19.1. The van der Waals surface area contributed by atoms with Gasteiger partial charge in [-0.3, -0.25) is 14.9 Å². The summed E-state index contributed by atoms with van der Waals surface area (Å²) in [6.45, 7) is 2.05. The van der Waals surface area contributed by atoms with Crippen LogP contribution in [0.1, 0.15) is 35.2 Å². The predicted octanol–water partition coefficient (Wildman–Crippen LogP) is 3.47. The lowest BCUT2D eigenvalue weighted by Gasteiger charge is -2.33. The molecule has 2 amide bonds. The Morgan fingerprint density at radius 1 is 0.941 bits per heavy atom. The molecule has 1 aliphatic carbocycles. The molecular formula is C28H26N4O2. The maximum atomic E-state index is 13.4. The minimum Gasteiger partial charge on any atom is -0.350 e. The van der Waals surface area contributed by atoms with Crippen molar-refractivity contribution >= 4 is 39.4 Å². The van der Waals surface area contributed by atoms with Gasteiger partial charge in [-0.2, -0.15) is 0 Å². The molecule has 2 N–H and O–H groups in total. The van der Waals surface area contributed by atoms with Gasteiger partial charge in [-0.05, 0) is 61.4 Å². The minimum absolute atomic E-state index is 0.228. The molecule has 2 aliphatic heterocycles. The third kappa shape index (κ3) is 2.60. The summed E-state index contributed by atoms with van der Waals surface area (Å²) in [5.74, 6) is -0.607. The van der Waals surface area contributed by atoms with Crippen LogP contribution in [-0.2, 0) is 29.5 Å². The fourth-order valence-corrected chi connectivity index (χ4v) is 6.57. The van der Waals surface area contributed by atoms with E-state index in [9.17, 15) is 9.59 Å². The molecule has 1 aromatic carbocycles. The average molecular weight is 451 g/mol. The molecule has 7 rings (SSSR count). The maximum Gasteiger partial charge on any atom is 0.259 e. The number of aromatic nitrogens is 2. The lowest BCUT2D eigenvalue weighted by atomic mass is 9.71. The second-order valence-electron chi connectivity index (χ2n) is 10.1. The van der Waals surface area contributed by atoms with E-state index in [1.165, 1.54) is 11.3 Å². The summed E-state index contributed by atoms with van der Waals surface area (Å²) in [5, 5.41) is 7.16. The topological polar surface area (TPSA) is 67.5 Å². The normalized spacial score (nSPS) is 22.4. The largest absolute Gasteiger partial charge is 0.350 e. The summed E-state index contributed by atoms with van der Waals surface area (Å²) in [4.78, 5) is 26.7. The smallest absolute Gasteiger partial charge is 0.259 e. The fraction of sp³-hybridized carbons (Fsp3) is 0.286. The molecule has 3 aromatic heterocycles. The molecule has 1 spiro atoms. The Hall–Kier alpha value is -3.64. The molecule has 0 radical (unpaired) electrons. The number of pyridine rings is 1. The van der Waals surface area contributed by atoms with E-state index in [-0.39, 0.29) is 17.2 Å². The highest BCUT2D eigenvalue weighted by Gasteiger charge is 2.43. The number of carbonyl (C=O) groups excluding carboxylic acids is 2. The summed E-state index contributed by atoms with van der Waals surface area (Å²) in [6, 6.07) is 14.2. The lowest BCUT2D eigenvalue weighted by Crippen LogP contribution is -2.31. The SMILES string of the molecule is Cn1cc(C2=C(c3c4c(n5ccccc35)CCC3(CCNC3)C4)C(=O)NC2=O)c2ccccc21. The Labute approximate surface area is 197 Å². The van der Waals surface area contributed by atoms with Gasteiger partial charge in [0.25, 0.3) is 11.8 Å². The quantitative estimate of drug-likeness (QED) is 0.460. The number of amides is 2. The highest BCUT2D eigenvalue weighted by molar-refractivity contribution is 6.50. The predicted molar refractivity (Wildman–Crippen MR) is 132 cm³/mol. The second-order valence-corrected chi connectivity index (χ2v) is 10.1. The summed E-state index contributed by atoms with van der Waals surface area (Å²) >= 11 is 0. The van der Waals surface area contributed by atoms with Crippen molar-refractivity contribution in [2.75, 3.05) is 13.1 Å². The van der Waals surface area contributed by atoms with Crippen LogP contribution in [-0.4, -0.2) is 33.9 Å². The van der Waals surface area contributed by atoms with Gasteiger partial charge in [0.1, 0.15) is 0 Å². The molecule has 0 bridgehead atoms. The van der Waals surface area contributed by atoms with Gasteiger partial charge in [0.2, 0.25) is 0 Å². The lowest BCUT2D eigenvalue weighted by molar-refractivity contribution is -0.122. The maximum absolute atomic E-state index is 13.4. The summed E-state index contributed by atoms with van der Waals surface area (Å²) in [5.41, 5.74) is 7.55. The molecule has 1 unspecified atom stereocenters. The van der Waals surface area contributed by atoms with E-state index in [4.69, 9.17) is 0 Å². The van der Waals surface area contributed by atoms with Crippen LogP contribution < -0.4 is 10.6 Å². The van der Waals surface area contributed by atoms with Crippen LogP contribution >= 0.6 is 0 Å². The zero-order chi connectivity index (χ0) is 23.0. The van der Waals surface area contributed by atoms with Crippen LogP contribution in [0.5, 0.6) is 0 Å². The van der Waals surface area contributed by atoms with Crippen LogP contribution in [0.2, 0.25) is 0 Å². The molecule has 1 atom stereocenters. The number of hydrogen-bond donors (Lipinski definition) is 2. The van der Waals surface area contributed by atoms with Crippen LogP contribution in [0.15, 0.2) is 54.9 Å². The van der Waals surface area contributed by atoms with Crippen LogP contribution in [0.3, 0.4) is 0 Å². The van der Waals surface area contributed by atoms with E-state index < -0.39 is 0 Å². The average Bonchev–Trinajstić information content (AvgIpc) is 3.58. The van der Waals surface area contributed by atoms with Crippen molar-refractivity contribution in [1.82, 2.24) is 19.6 Å². The van der Waals surface area contributed by atoms with Crippen molar-refractivity contribution < 1.29 is 9.59 Å². The first-order valence-electron chi connectivity index (χ1n) is 12.0. The van der Waals surface area contributed by atoms with Crippen LogP contribution in [0, 0.1) is 5.41 Å². The highest BCUT2D eigenvalue weighted by atomic mass is 16.2. The van der Waals surface area contributed by atoms with E-state index >= 15 is 0 Å². The van der Waals surface area contributed by atoms with Gasteiger partial charge in [0.15, 0.2) is 0 Å². The first-order valence-corrected chi connectivity index (χ1v) is 12.0. The first-order chi connectivity index (χ1) is 16.6. The number of hydrogen-bond acceptors (Lipinski definition) is 3. The number of benzene rings is 1. The van der Waals surface area contributed by atoms with Gasteiger partial charge in [-0.25, -0.2) is 0 Å². The van der Waals surface area contributed by atoms with E-state index in [1.54, 1.807) is 0 Å². The molecule has 1 fully saturated rings. The van der Waals surface area contributed by atoms with Crippen molar-refractivity contribution in [1.29, 1.82) is 0 Å². The van der Waals surface area contributed by atoms with Crippen molar-refractivity contribution in [2.45, 2.75) is 25.7 Å². The molecule has 6 heteroatoms. The van der Waals surface area contributed by atoms with Crippen molar-refractivity contribution in [3.05, 3.63) is 77.2 Å². The number of fused-ring (bicyclic) bond motifs is 4. The minimum atomic E-state index is -0.312. The van der Waals surface area contributed by atoms with Gasteiger partial charge in [-0.1, -0.05) is 24.3 Å². The number of rotatable bonds is 2. The van der Waals surface area contributed by atoms with E-state index in [2.05, 4.69) is 27.3 Å². The van der Waals surface area contributed by atoms with Crippen LogP contribution in [0.25, 0.3) is 27.6 Å². The Balaban J connectivity index is 1.55. The summed E-state index contributed by atoms with van der Waals surface area (Å²) in [7, 11) is 1.98. The Bertz CT molecular complexity index is 1560.